The van der Waals surface area contributed by atoms with Gasteiger partial charge in [-0.05, 0) is 39.5 Å². The van der Waals surface area contributed by atoms with Gasteiger partial charge in [0.25, 0.3) is 0 Å². The first-order valence-corrected chi connectivity index (χ1v) is 5.68. The first kappa shape index (κ1) is 10.7. The number of hydrogen-bond donors (Lipinski definition) is 2. The van der Waals surface area contributed by atoms with Gasteiger partial charge >= 0.3 is 6.09 Å². The van der Waals surface area contributed by atoms with E-state index in [1.165, 1.54) is 12.8 Å². The summed E-state index contributed by atoms with van der Waals surface area (Å²) in [6.45, 7) is 6.68. The van der Waals surface area contributed by atoms with E-state index in [1.807, 2.05) is 20.8 Å². The van der Waals surface area contributed by atoms with E-state index in [1.54, 1.807) is 0 Å². The molecule has 1 aliphatic carbocycles. The highest BCUT2D eigenvalue weighted by Crippen LogP contribution is 2.31. The number of amides is 1. The van der Waals surface area contributed by atoms with E-state index in [2.05, 4.69) is 10.6 Å². The van der Waals surface area contributed by atoms with Crippen LogP contribution in [0.2, 0.25) is 0 Å². The first-order chi connectivity index (χ1) is 6.96. The van der Waals surface area contributed by atoms with Gasteiger partial charge in [0.2, 0.25) is 0 Å². The van der Waals surface area contributed by atoms with Crippen LogP contribution in [-0.2, 0) is 4.74 Å². The summed E-state index contributed by atoms with van der Waals surface area (Å²) in [6.07, 6.45) is 2.11. The molecule has 2 rings (SSSR count). The number of nitrogens with one attached hydrogen (secondary N) is 2. The van der Waals surface area contributed by atoms with Crippen LogP contribution < -0.4 is 10.6 Å². The zero-order valence-corrected chi connectivity index (χ0v) is 9.67. The largest absolute Gasteiger partial charge is 0.444 e. The number of hydrogen-bond acceptors (Lipinski definition) is 3. The van der Waals surface area contributed by atoms with Crippen molar-refractivity contribution in [3.05, 3.63) is 0 Å². The minimum Gasteiger partial charge on any atom is -0.444 e. The van der Waals surface area contributed by atoms with Gasteiger partial charge in [-0.3, -0.25) is 0 Å². The zero-order chi connectivity index (χ0) is 11.1. The first-order valence-electron chi connectivity index (χ1n) is 5.68. The van der Waals surface area contributed by atoms with Crippen molar-refractivity contribution < 1.29 is 9.53 Å². The van der Waals surface area contributed by atoms with Crippen molar-refractivity contribution in [2.45, 2.75) is 51.3 Å². The molecule has 1 aliphatic heterocycles. The molecule has 0 aromatic carbocycles. The van der Waals surface area contributed by atoms with Crippen LogP contribution in [0.3, 0.4) is 0 Å². The van der Waals surface area contributed by atoms with Crippen molar-refractivity contribution in [1.82, 2.24) is 10.6 Å². The fraction of sp³-hybridized carbons (Fsp3) is 0.909. The molecule has 2 bridgehead atoms. The smallest absolute Gasteiger partial charge is 0.407 e. The van der Waals surface area contributed by atoms with Crippen LogP contribution in [0.1, 0.15) is 33.6 Å². The molecule has 2 aliphatic rings. The predicted molar refractivity (Wildman–Crippen MR) is 57.7 cm³/mol. The molecule has 1 amide bonds. The lowest BCUT2D eigenvalue weighted by Gasteiger charge is -2.23. The van der Waals surface area contributed by atoms with Crippen molar-refractivity contribution in [2.75, 3.05) is 6.54 Å². The van der Waals surface area contributed by atoms with Crippen LogP contribution in [0.4, 0.5) is 4.79 Å². The Morgan fingerprint density at radius 2 is 2.13 bits per heavy atom. The van der Waals surface area contributed by atoms with Crippen molar-refractivity contribution >= 4 is 6.09 Å². The molecule has 2 fully saturated rings. The second-order valence-corrected chi connectivity index (χ2v) is 5.52. The van der Waals surface area contributed by atoms with Gasteiger partial charge in [0.05, 0.1) is 6.04 Å². The fourth-order valence-corrected chi connectivity index (χ4v) is 2.50. The van der Waals surface area contributed by atoms with Crippen molar-refractivity contribution in [1.29, 1.82) is 0 Å². The fourth-order valence-electron chi connectivity index (χ4n) is 2.50. The van der Waals surface area contributed by atoms with Crippen LogP contribution in [0.25, 0.3) is 0 Å². The highest BCUT2D eigenvalue weighted by atomic mass is 16.6. The summed E-state index contributed by atoms with van der Waals surface area (Å²) in [4.78, 5) is 11.6. The van der Waals surface area contributed by atoms with Gasteiger partial charge < -0.3 is 15.4 Å². The minimum atomic E-state index is -0.408. The van der Waals surface area contributed by atoms with E-state index in [0.717, 1.165) is 6.54 Å². The molecule has 1 saturated carbocycles. The Balaban J connectivity index is 1.85. The number of fused-ring (bicyclic) bond motifs is 2. The summed E-state index contributed by atoms with van der Waals surface area (Å²) >= 11 is 0. The molecule has 1 saturated heterocycles. The van der Waals surface area contributed by atoms with Crippen LogP contribution in [0.15, 0.2) is 0 Å². The molecule has 2 N–H and O–H groups in total. The molecule has 15 heavy (non-hydrogen) atoms. The molecule has 1 heterocycles. The maximum absolute atomic E-state index is 11.6. The summed E-state index contributed by atoms with van der Waals surface area (Å²) in [5.74, 6) is 0.600. The zero-order valence-electron chi connectivity index (χ0n) is 9.67. The third-order valence-corrected chi connectivity index (χ3v) is 3.12. The van der Waals surface area contributed by atoms with Crippen LogP contribution >= 0.6 is 0 Å². The van der Waals surface area contributed by atoms with Gasteiger partial charge in [-0.2, -0.15) is 0 Å². The molecule has 0 aromatic heterocycles. The quantitative estimate of drug-likeness (QED) is 0.688. The van der Waals surface area contributed by atoms with Gasteiger partial charge in [0.1, 0.15) is 5.60 Å². The summed E-state index contributed by atoms with van der Waals surface area (Å²) in [5.41, 5.74) is -0.408. The standard InChI is InChI=1S/C11H20N2O2/c1-11(2,3)15-10(14)13-9-7-4-5-8(9)12-6-7/h7-9,12H,4-6H2,1-3H3,(H,13,14)/t7-,8-,9+/m0/s1. The Kier molecular flexibility index (Phi) is 2.63. The Hall–Kier alpha value is -0.770. The molecular formula is C11H20N2O2. The van der Waals surface area contributed by atoms with E-state index < -0.39 is 5.60 Å². The number of rotatable bonds is 1. The third-order valence-electron chi connectivity index (χ3n) is 3.12. The van der Waals surface area contributed by atoms with E-state index in [-0.39, 0.29) is 12.1 Å². The molecule has 4 nitrogen and oxygen atoms in total. The summed E-state index contributed by atoms with van der Waals surface area (Å²) in [5, 5.41) is 6.38. The molecule has 0 spiro atoms. The van der Waals surface area contributed by atoms with E-state index in [0.29, 0.717) is 12.0 Å². The van der Waals surface area contributed by atoms with Crippen molar-refractivity contribution in [3.63, 3.8) is 0 Å². The SMILES string of the molecule is CC(C)(C)OC(=O)N[C@@H]1[C@H]2CC[C@@H]1NC2. The summed E-state index contributed by atoms with van der Waals surface area (Å²) in [6, 6.07) is 0.738. The maximum atomic E-state index is 11.6. The number of piperidine rings is 1. The Morgan fingerprint density at radius 3 is 2.53 bits per heavy atom. The van der Waals surface area contributed by atoms with Gasteiger partial charge in [-0.25, -0.2) is 4.79 Å². The highest BCUT2D eigenvalue weighted by molar-refractivity contribution is 5.68. The van der Waals surface area contributed by atoms with Crippen molar-refractivity contribution in [2.24, 2.45) is 5.92 Å². The molecule has 0 unspecified atom stereocenters. The highest BCUT2D eigenvalue weighted by Gasteiger charge is 2.42. The monoisotopic (exact) mass is 212 g/mol. The Bertz CT molecular complexity index is 240. The Morgan fingerprint density at radius 1 is 1.40 bits per heavy atom. The lowest BCUT2D eigenvalue weighted by Crippen LogP contribution is -2.44. The van der Waals surface area contributed by atoms with Crippen LogP contribution in [0.5, 0.6) is 0 Å². The number of carbonyl (C=O) groups is 1. The molecule has 4 heteroatoms. The second kappa shape index (κ2) is 3.67. The topological polar surface area (TPSA) is 50.4 Å². The average molecular weight is 212 g/mol. The summed E-state index contributed by atoms with van der Waals surface area (Å²) < 4.78 is 5.25. The lowest BCUT2D eigenvalue weighted by molar-refractivity contribution is 0.0497. The molecule has 3 atom stereocenters. The van der Waals surface area contributed by atoms with Gasteiger partial charge in [-0.1, -0.05) is 0 Å². The van der Waals surface area contributed by atoms with E-state index >= 15 is 0 Å². The molecule has 0 aromatic rings. The van der Waals surface area contributed by atoms with Crippen LogP contribution in [0, 0.1) is 5.92 Å². The van der Waals surface area contributed by atoms with E-state index in [9.17, 15) is 4.79 Å². The van der Waals surface area contributed by atoms with Gasteiger partial charge in [0.15, 0.2) is 0 Å². The molecule has 0 radical (unpaired) electrons. The normalized spacial score (nSPS) is 34.2. The van der Waals surface area contributed by atoms with Gasteiger partial charge in [-0.15, -0.1) is 0 Å². The van der Waals surface area contributed by atoms with E-state index in [4.69, 9.17) is 4.74 Å². The average Bonchev–Trinajstić information content (AvgIpc) is 2.61. The summed E-state index contributed by atoms with van der Waals surface area (Å²) in [7, 11) is 0. The van der Waals surface area contributed by atoms with Gasteiger partial charge in [0, 0.05) is 12.6 Å². The third kappa shape index (κ3) is 2.43. The second-order valence-electron chi connectivity index (χ2n) is 5.52. The Labute approximate surface area is 90.8 Å². The molecular weight excluding hydrogens is 192 g/mol. The lowest BCUT2D eigenvalue weighted by atomic mass is 10.1. The number of ether oxygens (including phenoxy) is 1. The minimum absolute atomic E-state index is 0.278. The number of alkyl carbamates (subject to hydrolysis) is 1. The van der Waals surface area contributed by atoms with Crippen molar-refractivity contribution in [3.8, 4) is 0 Å². The van der Waals surface area contributed by atoms with Crippen LogP contribution in [-0.4, -0.2) is 30.3 Å². The maximum Gasteiger partial charge on any atom is 0.407 e. The predicted octanol–water partition coefficient (Wildman–Crippen LogP) is 1.26. The molecule has 86 valence electrons. The number of carbonyl (C=O) groups excluding carboxylic acids is 1.